The number of amidine groups is 1. The van der Waals surface area contributed by atoms with Crippen molar-refractivity contribution in [3.8, 4) is 0 Å². The van der Waals surface area contributed by atoms with Crippen LogP contribution in [0.15, 0.2) is 28.5 Å². The van der Waals surface area contributed by atoms with E-state index >= 15 is 0 Å². The summed E-state index contributed by atoms with van der Waals surface area (Å²) in [7, 11) is 0. The van der Waals surface area contributed by atoms with Gasteiger partial charge in [-0.15, -0.1) is 0 Å². The molecule has 0 unspecified atom stereocenters. The number of hydrogen-bond donors (Lipinski definition) is 1. The number of halogens is 2. The molecule has 2 rings (SSSR count). The molecule has 16 heavy (non-hydrogen) atoms. The monoisotopic (exact) mass is 228 g/mol. The van der Waals surface area contributed by atoms with Gasteiger partial charge in [0, 0.05) is 5.57 Å². The van der Waals surface area contributed by atoms with Crippen molar-refractivity contribution in [1.29, 1.82) is 0 Å². The molecule has 0 aromatic heterocycles. The number of allylic oxidation sites excluding steroid dienone is 2. The fourth-order valence-corrected chi connectivity index (χ4v) is 1.97. The zero-order chi connectivity index (χ0) is 11.8. The van der Waals surface area contributed by atoms with Crippen molar-refractivity contribution in [2.75, 3.05) is 6.54 Å². The van der Waals surface area contributed by atoms with Gasteiger partial charge in [0.05, 0.1) is 6.54 Å². The summed E-state index contributed by atoms with van der Waals surface area (Å²) in [6, 6.07) is -0.0873. The molecule has 0 aromatic carbocycles. The van der Waals surface area contributed by atoms with Crippen molar-refractivity contribution in [2.45, 2.75) is 31.5 Å². The van der Waals surface area contributed by atoms with E-state index in [1.54, 1.807) is 6.08 Å². The summed E-state index contributed by atoms with van der Waals surface area (Å²) in [6.45, 7) is 1.41. The van der Waals surface area contributed by atoms with Gasteiger partial charge in [-0.2, -0.15) is 0 Å². The molecule has 0 radical (unpaired) electrons. The molecule has 0 aromatic rings. The van der Waals surface area contributed by atoms with Crippen molar-refractivity contribution in [3.63, 3.8) is 0 Å². The van der Waals surface area contributed by atoms with Crippen LogP contribution in [0.3, 0.4) is 0 Å². The maximum Gasteiger partial charge on any atom is 0.283 e. The van der Waals surface area contributed by atoms with Gasteiger partial charge in [0.2, 0.25) is 0 Å². The number of nitrogens with two attached hydrogens (primary N) is 1. The van der Waals surface area contributed by atoms with E-state index in [9.17, 15) is 8.78 Å². The summed E-state index contributed by atoms with van der Waals surface area (Å²) in [5.74, 6) is -0.425. The van der Waals surface area contributed by atoms with Crippen LogP contribution in [0.25, 0.3) is 0 Å². The van der Waals surface area contributed by atoms with Gasteiger partial charge < -0.3 is 10.5 Å². The molecule has 2 N–H and O–H groups in total. The van der Waals surface area contributed by atoms with E-state index in [2.05, 4.69) is 4.99 Å². The van der Waals surface area contributed by atoms with E-state index in [-0.39, 0.29) is 18.1 Å². The van der Waals surface area contributed by atoms with Crippen molar-refractivity contribution in [1.82, 2.24) is 0 Å². The molecule has 0 fully saturated rings. The number of ether oxygens (including phenoxy) is 1. The van der Waals surface area contributed by atoms with E-state index in [1.807, 2.05) is 0 Å². The highest BCUT2D eigenvalue weighted by molar-refractivity contribution is 5.73. The normalized spacial score (nSPS) is 34.7. The predicted molar refractivity (Wildman–Crippen MR) is 57.4 cm³/mol. The largest absolute Gasteiger partial charge is 0.451 e. The average Bonchev–Trinajstić information content (AvgIpc) is 2.24. The van der Waals surface area contributed by atoms with Crippen LogP contribution in [0.2, 0.25) is 0 Å². The topological polar surface area (TPSA) is 47.6 Å². The van der Waals surface area contributed by atoms with Gasteiger partial charge >= 0.3 is 0 Å². The molecule has 1 aliphatic carbocycles. The van der Waals surface area contributed by atoms with Crippen LogP contribution in [0.5, 0.6) is 0 Å². The minimum atomic E-state index is -1.39. The molecule has 0 bridgehead atoms. The Balaban J connectivity index is 2.34. The Morgan fingerprint density at radius 3 is 2.88 bits per heavy atom. The van der Waals surface area contributed by atoms with Gasteiger partial charge in [0.25, 0.3) is 6.02 Å². The molecule has 88 valence electrons. The van der Waals surface area contributed by atoms with Crippen LogP contribution in [0.1, 0.15) is 19.8 Å². The number of aliphatic imine (C=N–C) groups is 1. The van der Waals surface area contributed by atoms with E-state index < -0.39 is 17.6 Å². The van der Waals surface area contributed by atoms with Gasteiger partial charge in [0.15, 0.2) is 11.8 Å². The number of alkyl halides is 1. The second-order valence-electron chi connectivity index (χ2n) is 4.10. The van der Waals surface area contributed by atoms with Gasteiger partial charge in [-0.05, 0) is 25.8 Å². The molecule has 0 saturated carbocycles. The van der Waals surface area contributed by atoms with Crippen molar-refractivity contribution >= 4 is 6.02 Å². The first kappa shape index (κ1) is 11.1. The molecule has 0 spiro atoms. The Bertz CT molecular complexity index is 389. The molecule has 2 aliphatic rings. The van der Waals surface area contributed by atoms with E-state index in [1.165, 1.54) is 13.0 Å². The predicted octanol–water partition coefficient (Wildman–Crippen LogP) is 2.00. The summed E-state index contributed by atoms with van der Waals surface area (Å²) in [6.07, 6.45) is 3.04. The summed E-state index contributed by atoms with van der Waals surface area (Å²) in [5.41, 5.74) is 4.30. The summed E-state index contributed by atoms with van der Waals surface area (Å²) in [5, 5.41) is 0. The maximum atomic E-state index is 13.8. The highest BCUT2D eigenvalue weighted by atomic mass is 19.1. The molecule has 2 atom stereocenters. The first-order valence-electron chi connectivity index (χ1n) is 5.23. The van der Waals surface area contributed by atoms with E-state index in [0.29, 0.717) is 12.8 Å². The molecule has 1 aliphatic heterocycles. The van der Waals surface area contributed by atoms with Crippen LogP contribution in [-0.4, -0.2) is 24.3 Å². The van der Waals surface area contributed by atoms with Gasteiger partial charge in [-0.3, -0.25) is 0 Å². The van der Waals surface area contributed by atoms with Gasteiger partial charge in [-0.25, -0.2) is 13.8 Å². The first-order chi connectivity index (χ1) is 7.54. The Hall–Kier alpha value is -1.39. The lowest BCUT2D eigenvalue weighted by atomic mass is 9.85. The number of rotatable bonds is 1. The lowest BCUT2D eigenvalue weighted by Gasteiger charge is -2.37. The Morgan fingerprint density at radius 2 is 2.19 bits per heavy atom. The fourth-order valence-electron chi connectivity index (χ4n) is 1.97. The molecule has 0 amide bonds. The second-order valence-corrected chi connectivity index (χ2v) is 4.10. The second kappa shape index (κ2) is 3.88. The van der Waals surface area contributed by atoms with Crippen LogP contribution in [0, 0.1) is 0 Å². The van der Waals surface area contributed by atoms with Crippen LogP contribution in [-0.2, 0) is 4.74 Å². The number of hydrogen-bond acceptors (Lipinski definition) is 3. The zero-order valence-corrected chi connectivity index (χ0v) is 9.04. The standard InChI is InChI=1S/C11H14F2N2O/c1-11(7-4-2-3-5-8(7)12)9(13)6-15-10(14)16-11/h4-5,9H,2-3,6H2,1H3,(H2,14,15)/t9-,11-/m1/s1. The summed E-state index contributed by atoms with van der Waals surface area (Å²) >= 11 is 0. The highest BCUT2D eigenvalue weighted by Crippen LogP contribution is 2.37. The zero-order valence-electron chi connectivity index (χ0n) is 9.04. The average molecular weight is 228 g/mol. The van der Waals surface area contributed by atoms with Crippen LogP contribution < -0.4 is 5.73 Å². The van der Waals surface area contributed by atoms with Gasteiger partial charge in [0.1, 0.15) is 5.83 Å². The summed E-state index contributed by atoms with van der Waals surface area (Å²) < 4.78 is 32.7. The molecule has 3 nitrogen and oxygen atoms in total. The molecule has 1 heterocycles. The molecular formula is C11H14F2N2O. The fraction of sp³-hybridized carbons (Fsp3) is 0.545. The SMILES string of the molecule is C[C@]1(C2=CCCC=C2F)OC(N)=NC[C@H]1F. The van der Waals surface area contributed by atoms with Gasteiger partial charge in [-0.1, -0.05) is 6.08 Å². The minimum Gasteiger partial charge on any atom is -0.451 e. The third-order valence-corrected chi connectivity index (χ3v) is 2.95. The quantitative estimate of drug-likeness (QED) is 0.746. The third-order valence-electron chi connectivity index (χ3n) is 2.95. The van der Waals surface area contributed by atoms with Crippen molar-refractivity contribution in [2.24, 2.45) is 10.7 Å². The maximum absolute atomic E-state index is 13.8. The Labute approximate surface area is 92.7 Å². The lowest BCUT2D eigenvalue weighted by molar-refractivity contribution is 0.0143. The Kier molecular flexibility index (Phi) is 2.69. The lowest BCUT2D eigenvalue weighted by Crippen LogP contribution is -2.50. The number of nitrogens with zero attached hydrogens (tertiary/aromatic N) is 1. The minimum absolute atomic E-state index is 0.0873. The summed E-state index contributed by atoms with van der Waals surface area (Å²) in [4.78, 5) is 3.65. The molecular weight excluding hydrogens is 214 g/mol. The third kappa shape index (κ3) is 1.70. The smallest absolute Gasteiger partial charge is 0.283 e. The molecule has 5 heteroatoms. The van der Waals surface area contributed by atoms with Crippen LogP contribution in [0.4, 0.5) is 8.78 Å². The van der Waals surface area contributed by atoms with E-state index in [4.69, 9.17) is 10.5 Å². The Morgan fingerprint density at radius 1 is 1.50 bits per heavy atom. The molecule has 0 saturated heterocycles. The van der Waals surface area contributed by atoms with Crippen molar-refractivity contribution in [3.05, 3.63) is 23.6 Å². The van der Waals surface area contributed by atoms with Crippen molar-refractivity contribution < 1.29 is 13.5 Å². The van der Waals surface area contributed by atoms with Crippen LogP contribution >= 0.6 is 0 Å². The highest BCUT2D eigenvalue weighted by Gasteiger charge is 2.45. The van der Waals surface area contributed by atoms with E-state index in [0.717, 1.165) is 0 Å². The first-order valence-corrected chi connectivity index (χ1v) is 5.23.